The van der Waals surface area contributed by atoms with E-state index in [4.69, 9.17) is 0 Å². The highest BCUT2D eigenvalue weighted by atomic mass is 14.9. The molecule has 13 aromatic rings. The van der Waals surface area contributed by atoms with Gasteiger partial charge in [0.15, 0.2) is 0 Å². The van der Waals surface area contributed by atoms with Crippen molar-refractivity contribution >= 4 is 32.4 Å². The van der Waals surface area contributed by atoms with Gasteiger partial charge in [-0.1, -0.05) is 496 Å². The number of aromatic nitrogens is 3. The van der Waals surface area contributed by atoms with E-state index in [1.165, 1.54) is 195 Å². The van der Waals surface area contributed by atoms with Gasteiger partial charge in [-0.3, -0.25) is 0 Å². The van der Waals surface area contributed by atoms with Crippen molar-refractivity contribution in [3.8, 4) is 22.3 Å². The van der Waals surface area contributed by atoms with Gasteiger partial charge in [0, 0.05) is 29.0 Å². The molecule has 0 spiro atoms. The van der Waals surface area contributed by atoms with E-state index in [2.05, 4.69) is 426 Å². The van der Waals surface area contributed by atoms with E-state index in [1.54, 1.807) is 6.33 Å². The number of rotatable bonds is 23. The lowest BCUT2D eigenvalue weighted by atomic mass is 9.84. The molecule has 690 valence electrons. The number of fused-ring (bicyclic) bond motifs is 3. The molecule has 0 saturated heterocycles. The van der Waals surface area contributed by atoms with Crippen molar-refractivity contribution < 1.29 is 0 Å². The summed E-state index contributed by atoms with van der Waals surface area (Å²) in [6.07, 6.45) is 28.0. The van der Waals surface area contributed by atoms with Gasteiger partial charge in [-0.2, -0.15) is 0 Å². The molecule has 0 aliphatic heterocycles. The van der Waals surface area contributed by atoms with Gasteiger partial charge in [-0.25, -0.2) is 4.98 Å². The Morgan fingerprint density at radius 3 is 1.12 bits per heavy atom. The molecule has 0 unspecified atom stereocenters. The van der Waals surface area contributed by atoms with Gasteiger partial charge in [0.25, 0.3) is 0 Å². The number of hydrogen-bond donors (Lipinski definition) is 2. The first-order chi connectivity index (χ1) is 55.8. The maximum Gasteiger partial charge on any atom is 0.0921 e. The highest BCUT2D eigenvalue weighted by molar-refractivity contribution is 5.86. The summed E-state index contributed by atoms with van der Waals surface area (Å²) >= 11 is 0. The average Bonchev–Trinajstić information content (AvgIpc) is 1.66. The van der Waals surface area contributed by atoms with Crippen molar-refractivity contribution in [2.24, 2.45) is 59.2 Å². The Hall–Kier alpha value is -9.31. The molecule has 0 amide bonds. The lowest BCUT2D eigenvalue weighted by Crippen LogP contribution is -2.08. The molecule has 1 aliphatic carbocycles. The summed E-state index contributed by atoms with van der Waals surface area (Å²) in [5.74, 6) is 8.02. The molecule has 1 saturated carbocycles. The Labute approximate surface area is 773 Å². The van der Waals surface area contributed by atoms with E-state index in [0.29, 0.717) is 5.92 Å². The van der Waals surface area contributed by atoms with Crippen molar-refractivity contribution in [1.29, 1.82) is 0 Å². The van der Waals surface area contributed by atoms with Gasteiger partial charge >= 0.3 is 0 Å². The first-order valence-electron chi connectivity index (χ1n) is 44.7. The van der Waals surface area contributed by atoms with E-state index < -0.39 is 0 Å². The third kappa shape index (κ3) is 51.8. The summed E-state index contributed by atoms with van der Waals surface area (Å²) in [7, 11) is 0. The molecular formula is C122H187N3. The molecule has 2 aromatic heterocycles. The number of imidazole rings is 1. The second-order valence-electron chi connectivity index (χ2n) is 36.3. The lowest BCUT2D eigenvalue weighted by molar-refractivity contribution is 0.305. The van der Waals surface area contributed by atoms with Crippen LogP contribution >= 0.6 is 0 Å². The van der Waals surface area contributed by atoms with Crippen LogP contribution in [0.3, 0.4) is 0 Å². The number of aryl methyl sites for hydroxylation is 4. The molecule has 0 bridgehead atoms. The number of aromatic amines is 2. The van der Waals surface area contributed by atoms with Crippen LogP contribution in [-0.4, -0.2) is 15.0 Å². The zero-order valence-electron chi connectivity index (χ0n) is 75.5. The fourth-order valence-electron chi connectivity index (χ4n) is 14.6. The topological polar surface area (TPSA) is 44.5 Å². The summed E-state index contributed by atoms with van der Waals surface area (Å²) in [5.41, 5.74) is 19.2. The Bertz CT molecular complexity index is 4570. The average molecular weight is 1700 g/mol. The highest BCUT2D eigenvalue weighted by Crippen LogP contribution is 2.30. The number of hydrogen-bond acceptors (Lipinski definition) is 1. The van der Waals surface area contributed by atoms with Crippen LogP contribution in [0.5, 0.6) is 0 Å². The van der Waals surface area contributed by atoms with Gasteiger partial charge in [0.1, 0.15) is 0 Å². The monoisotopic (exact) mass is 1690 g/mol. The van der Waals surface area contributed by atoms with Crippen LogP contribution in [0.2, 0.25) is 0 Å². The Balaban J connectivity index is -0.000000657. The standard InChI is InChI=1S/C17H20.C16H18.2C14H16.C12H15N.C12H18.C11H16.C10H20.C7H12N2.9CH4/c1-14(2)8-9-15-10-12-17(13-11-15)16-6-4-3-5-7-16;1-13(2)12-14-8-10-16(11-9-14)15-6-4-3-5-7-15;1-11(2)10-13-8-5-7-12-6-3-4-9-14(12)13;1-11(2)9-12-7-8-13-5-3-4-6-14(13)10-12;1-9(2)7-10-8-13-12-6-4-3-5-11(10)12;1-10(2)4-7-12-8-5-11(3)6-9-12;1-10(2)8-9-11-6-4-3-5-7-11;1-9(2)8-10-6-4-3-5-7-10;1-6(2)3-7-4-8-5-9-7;;;;;;;;;/h3-7,10-14H,8-9H2,1-2H3;3-11,13H,12H2,1-2H3;3-9,11H,10H2,1-2H3;3-8,10-11H,9H2,1-2H3;3-6,8-9,13H,7H2,1-2H3;5-6,8-10H,4,7H2,1-3H3;3-7,10H,8-9H2,1-2H3;9-10H,3-8H2,1-2H3;4-6H,3H2,1-2H3,(H,8,9);9*1H4. The number of nitrogens with zero attached hydrogens (tertiary/aromatic N) is 1. The predicted octanol–water partition coefficient (Wildman–Crippen LogP) is 38.7. The zero-order chi connectivity index (χ0) is 83.8. The molecule has 125 heavy (non-hydrogen) atoms. The van der Waals surface area contributed by atoms with Crippen LogP contribution in [0.4, 0.5) is 0 Å². The number of H-pyrrole nitrogens is 2. The van der Waals surface area contributed by atoms with Crippen LogP contribution in [-0.2, 0) is 51.4 Å². The third-order valence-electron chi connectivity index (χ3n) is 20.7. The van der Waals surface area contributed by atoms with Gasteiger partial charge in [0.05, 0.1) is 6.33 Å². The minimum atomic E-state index is 0. The van der Waals surface area contributed by atoms with E-state index in [9.17, 15) is 0 Å². The smallest absolute Gasteiger partial charge is 0.0921 e. The molecule has 0 radical (unpaired) electrons. The summed E-state index contributed by atoms with van der Waals surface area (Å²) < 4.78 is 0. The number of benzene rings is 11. The maximum absolute atomic E-state index is 3.92. The van der Waals surface area contributed by atoms with Crippen LogP contribution in [0, 0.1) is 66.1 Å². The van der Waals surface area contributed by atoms with Crippen molar-refractivity contribution in [1.82, 2.24) is 15.0 Å². The minimum absolute atomic E-state index is 0. The molecule has 2 N–H and O–H groups in total. The molecule has 3 heteroatoms. The van der Waals surface area contributed by atoms with E-state index in [0.717, 1.165) is 72.5 Å². The molecule has 0 atom stereocenters. The predicted molar refractivity (Wildman–Crippen MR) is 575 cm³/mol. The maximum atomic E-state index is 3.92. The van der Waals surface area contributed by atoms with Crippen LogP contribution in [0.15, 0.2) is 292 Å². The summed E-state index contributed by atoms with van der Waals surface area (Å²) in [6.45, 7) is 42.9. The molecule has 1 aliphatic rings. The van der Waals surface area contributed by atoms with Crippen molar-refractivity contribution in [3.63, 3.8) is 0 Å². The Morgan fingerprint density at radius 2 is 0.664 bits per heavy atom. The van der Waals surface area contributed by atoms with E-state index in [-0.39, 0.29) is 66.8 Å². The molecule has 1 fully saturated rings. The fourth-order valence-corrected chi connectivity index (χ4v) is 14.6. The quantitative estimate of drug-likeness (QED) is 0.0659. The fraction of sp³-hybridized carbons (Fsp3) is 0.451. The largest absolute Gasteiger partial charge is 0.361 e. The van der Waals surface area contributed by atoms with Crippen LogP contribution < -0.4 is 0 Å². The van der Waals surface area contributed by atoms with E-state index >= 15 is 0 Å². The van der Waals surface area contributed by atoms with Crippen molar-refractivity contribution in [2.45, 2.75) is 308 Å². The Kier molecular flexibility index (Phi) is 68.2. The molecule has 3 nitrogen and oxygen atoms in total. The SMILES string of the molecule is C.C.C.C.C.C.C.C.C.CC(C)CC1CCCCC1.CC(C)CCc1ccc(-c2ccccc2)cc1.CC(C)CCc1ccccc1.CC(C)Cc1c[nH]c2ccccc12.CC(C)Cc1ccc(-c2ccccc2)cc1.CC(C)Cc1ccc2ccccc2c1.CC(C)Cc1cccc2ccccc12.CC(C)Cc1cnc[nH]1.Cc1ccc(CCC(C)C)cc1. The summed E-state index contributed by atoms with van der Waals surface area (Å²) in [5, 5.41) is 6.82. The third-order valence-corrected chi connectivity index (χ3v) is 20.7. The first-order valence-corrected chi connectivity index (χ1v) is 44.7. The van der Waals surface area contributed by atoms with Crippen molar-refractivity contribution in [2.75, 3.05) is 0 Å². The highest BCUT2D eigenvalue weighted by Gasteiger charge is 2.14. The minimum Gasteiger partial charge on any atom is -0.361 e. The molecule has 14 rings (SSSR count). The van der Waals surface area contributed by atoms with Gasteiger partial charge in [0.2, 0.25) is 0 Å². The molecular weight excluding hydrogens is 1510 g/mol. The second-order valence-corrected chi connectivity index (χ2v) is 36.3. The van der Waals surface area contributed by atoms with Crippen LogP contribution in [0.1, 0.15) is 299 Å². The van der Waals surface area contributed by atoms with Gasteiger partial charge in [-0.15, -0.1) is 0 Å². The van der Waals surface area contributed by atoms with E-state index in [1.807, 2.05) is 6.20 Å². The van der Waals surface area contributed by atoms with Gasteiger partial charge < -0.3 is 9.97 Å². The summed E-state index contributed by atoms with van der Waals surface area (Å²) in [6, 6.07) is 97.4. The second kappa shape index (κ2) is 69.8. The first kappa shape index (κ1) is 122. The van der Waals surface area contributed by atoms with Crippen LogP contribution in [0.25, 0.3) is 54.7 Å². The number of nitrogens with one attached hydrogen (secondary N) is 2. The lowest BCUT2D eigenvalue weighted by Gasteiger charge is -2.22. The summed E-state index contributed by atoms with van der Waals surface area (Å²) in [4.78, 5) is 10.3. The molecule has 11 aromatic carbocycles. The normalized spacial score (nSPS) is 10.9. The number of para-hydroxylation sites is 1. The van der Waals surface area contributed by atoms with Gasteiger partial charge in [-0.05, 0) is 232 Å². The Morgan fingerprint density at radius 1 is 0.288 bits per heavy atom. The van der Waals surface area contributed by atoms with Crippen molar-refractivity contribution in [3.05, 3.63) is 342 Å². The molecule has 2 heterocycles. The zero-order valence-corrected chi connectivity index (χ0v) is 75.5.